The molecule has 0 spiro atoms. The molecule has 1 aromatic heterocycles. The van der Waals surface area contributed by atoms with Crippen LogP contribution < -0.4 is 0 Å². The van der Waals surface area contributed by atoms with E-state index in [1.54, 1.807) is 21.8 Å². The molecule has 2 aromatic carbocycles. The Hall–Kier alpha value is -2.95. The Bertz CT molecular complexity index is 932. The van der Waals surface area contributed by atoms with E-state index in [0.29, 0.717) is 17.7 Å². The second-order valence-corrected chi connectivity index (χ2v) is 5.96. The summed E-state index contributed by atoms with van der Waals surface area (Å²) in [6.07, 6.45) is 1.68. The van der Waals surface area contributed by atoms with Crippen molar-refractivity contribution < 1.29 is 9.18 Å². The molecule has 0 unspecified atom stereocenters. The summed E-state index contributed by atoms with van der Waals surface area (Å²) in [6.45, 7) is 0.795. The SMILES string of the molecule is Cn1nccc1-c1ccc(CN2Cc3ccccc3C2=O)c(F)c1. The van der Waals surface area contributed by atoms with Gasteiger partial charge in [0.15, 0.2) is 0 Å². The lowest BCUT2D eigenvalue weighted by atomic mass is 10.1. The number of aryl methyl sites for hydroxylation is 1. The van der Waals surface area contributed by atoms with E-state index in [9.17, 15) is 9.18 Å². The molecule has 0 N–H and O–H groups in total. The zero-order valence-electron chi connectivity index (χ0n) is 13.2. The van der Waals surface area contributed by atoms with Crippen LogP contribution in [0.5, 0.6) is 0 Å². The van der Waals surface area contributed by atoms with Crippen molar-refractivity contribution in [3.8, 4) is 11.3 Å². The molecule has 4 rings (SSSR count). The van der Waals surface area contributed by atoms with E-state index in [-0.39, 0.29) is 18.3 Å². The molecule has 1 aliphatic heterocycles. The van der Waals surface area contributed by atoms with Crippen LogP contribution in [0.25, 0.3) is 11.3 Å². The van der Waals surface area contributed by atoms with E-state index >= 15 is 0 Å². The smallest absolute Gasteiger partial charge is 0.254 e. The molecule has 1 aliphatic rings. The summed E-state index contributed by atoms with van der Waals surface area (Å²) in [5.41, 5.74) is 3.85. The predicted molar refractivity (Wildman–Crippen MR) is 88.6 cm³/mol. The van der Waals surface area contributed by atoms with Crippen molar-refractivity contribution in [1.82, 2.24) is 14.7 Å². The summed E-state index contributed by atoms with van der Waals surface area (Å²) in [6, 6.07) is 14.5. The third-order valence-corrected chi connectivity index (χ3v) is 4.43. The molecule has 0 bridgehead atoms. The summed E-state index contributed by atoms with van der Waals surface area (Å²) in [4.78, 5) is 14.1. The first-order valence-electron chi connectivity index (χ1n) is 7.77. The minimum absolute atomic E-state index is 0.0410. The summed E-state index contributed by atoms with van der Waals surface area (Å²) >= 11 is 0. The Labute approximate surface area is 139 Å². The number of halogens is 1. The highest BCUT2D eigenvalue weighted by Crippen LogP contribution is 2.26. The first kappa shape index (κ1) is 14.6. The highest BCUT2D eigenvalue weighted by Gasteiger charge is 2.27. The minimum atomic E-state index is -0.308. The van der Waals surface area contributed by atoms with Crippen LogP contribution in [-0.2, 0) is 20.1 Å². The number of rotatable bonds is 3. The molecular weight excluding hydrogens is 305 g/mol. The third kappa shape index (κ3) is 2.38. The van der Waals surface area contributed by atoms with Gasteiger partial charge in [-0.1, -0.05) is 30.3 Å². The van der Waals surface area contributed by atoms with Gasteiger partial charge in [0.25, 0.3) is 5.91 Å². The molecule has 5 heteroatoms. The van der Waals surface area contributed by atoms with E-state index in [1.807, 2.05) is 43.4 Å². The van der Waals surface area contributed by atoms with Crippen LogP contribution in [0.3, 0.4) is 0 Å². The molecule has 24 heavy (non-hydrogen) atoms. The molecule has 2 heterocycles. The number of benzene rings is 2. The van der Waals surface area contributed by atoms with Gasteiger partial charge in [-0.05, 0) is 23.8 Å². The van der Waals surface area contributed by atoms with Crippen molar-refractivity contribution in [3.05, 3.63) is 77.2 Å². The highest BCUT2D eigenvalue weighted by molar-refractivity contribution is 5.98. The standard InChI is InChI=1S/C19H16FN3O/c1-22-18(8-9-21-22)13-6-7-15(17(20)10-13)12-23-11-14-4-2-3-5-16(14)19(23)24/h2-10H,11-12H2,1H3. The fourth-order valence-electron chi connectivity index (χ4n) is 3.14. The molecule has 0 aliphatic carbocycles. The Kier molecular flexibility index (Phi) is 3.41. The van der Waals surface area contributed by atoms with E-state index in [4.69, 9.17) is 0 Å². The fraction of sp³-hybridized carbons (Fsp3) is 0.158. The van der Waals surface area contributed by atoms with Gasteiger partial charge in [-0.2, -0.15) is 5.10 Å². The van der Waals surface area contributed by atoms with Gasteiger partial charge in [0.2, 0.25) is 0 Å². The Balaban J connectivity index is 1.58. The maximum atomic E-state index is 14.5. The van der Waals surface area contributed by atoms with Crippen molar-refractivity contribution in [3.63, 3.8) is 0 Å². The molecule has 0 fully saturated rings. The number of fused-ring (bicyclic) bond motifs is 1. The lowest BCUT2D eigenvalue weighted by Gasteiger charge is -2.16. The summed E-state index contributed by atoms with van der Waals surface area (Å²) < 4.78 is 16.2. The van der Waals surface area contributed by atoms with E-state index in [1.165, 1.54) is 6.07 Å². The van der Waals surface area contributed by atoms with Crippen molar-refractivity contribution in [2.75, 3.05) is 0 Å². The number of nitrogens with zero attached hydrogens (tertiary/aromatic N) is 3. The molecular formula is C19H16FN3O. The topological polar surface area (TPSA) is 38.1 Å². The van der Waals surface area contributed by atoms with Gasteiger partial charge < -0.3 is 4.90 Å². The van der Waals surface area contributed by atoms with Crippen LogP contribution in [0.15, 0.2) is 54.7 Å². The normalized spacial score (nSPS) is 13.4. The number of hydrogen-bond acceptors (Lipinski definition) is 2. The van der Waals surface area contributed by atoms with Crippen molar-refractivity contribution in [2.45, 2.75) is 13.1 Å². The molecule has 0 radical (unpaired) electrons. The van der Waals surface area contributed by atoms with Crippen molar-refractivity contribution in [1.29, 1.82) is 0 Å². The average Bonchev–Trinajstić information content (AvgIpc) is 3.14. The average molecular weight is 321 g/mol. The minimum Gasteiger partial charge on any atom is -0.330 e. The summed E-state index contributed by atoms with van der Waals surface area (Å²) in [5.74, 6) is -0.349. The third-order valence-electron chi connectivity index (χ3n) is 4.43. The molecule has 0 saturated carbocycles. The molecule has 120 valence electrons. The zero-order valence-corrected chi connectivity index (χ0v) is 13.2. The lowest BCUT2D eigenvalue weighted by molar-refractivity contribution is 0.0765. The lowest BCUT2D eigenvalue weighted by Crippen LogP contribution is -2.23. The maximum Gasteiger partial charge on any atom is 0.254 e. The van der Waals surface area contributed by atoms with E-state index in [0.717, 1.165) is 16.8 Å². The predicted octanol–water partition coefficient (Wildman–Crippen LogP) is 3.38. The number of carbonyl (C=O) groups is 1. The van der Waals surface area contributed by atoms with Gasteiger partial charge in [-0.15, -0.1) is 0 Å². The van der Waals surface area contributed by atoms with Gasteiger partial charge in [-0.3, -0.25) is 9.48 Å². The number of aromatic nitrogens is 2. The van der Waals surface area contributed by atoms with Gasteiger partial charge in [0.1, 0.15) is 5.82 Å². The second kappa shape index (κ2) is 5.60. The highest BCUT2D eigenvalue weighted by atomic mass is 19.1. The molecule has 3 aromatic rings. The summed E-state index contributed by atoms with van der Waals surface area (Å²) in [5, 5.41) is 4.10. The first-order valence-corrected chi connectivity index (χ1v) is 7.77. The van der Waals surface area contributed by atoms with Crippen LogP contribution in [-0.4, -0.2) is 20.6 Å². The van der Waals surface area contributed by atoms with E-state index in [2.05, 4.69) is 5.10 Å². The molecule has 0 atom stereocenters. The second-order valence-electron chi connectivity index (χ2n) is 5.96. The molecule has 4 nitrogen and oxygen atoms in total. The molecule has 1 amide bonds. The van der Waals surface area contributed by atoms with Crippen LogP contribution >= 0.6 is 0 Å². The number of carbonyl (C=O) groups excluding carboxylic acids is 1. The first-order chi connectivity index (χ1) is 11.6. The van der Waals surface area contributed by atoms with Crippen LogP contribution in [0.2, 0.25) is 0 Å². The Morgan fingerprint density at radius 3 is 2.71 bits per heavy atom. The quantitative estimate of drug-likeness (QED) is 0.742. The largest absolute Gasteiger partial charge is 0.330 e. The number of amides is 1. The van der Waals surface area contributed by atoms with Crippen LogP contribution in [0, 0.1) is 5.82 Å². The van der Waals surface area contributed by atoms with E-state index < -0.39 is 0 Å². The van der Waals surface area contributed by atoms with Gasteiger partial charge >= 0.3 is 0 Å². The van der Waals surface area contributed by atoms with Gasteiger partial charge in [-0.25, -0.2) is 4.39 Å². The fourth-order valence-corrected chi connectivity index (χ4v) is 3.14. The summed E-state index contributed by atoms with van der Waals surface area (Å²) in [7, 11) is 1.82. The Morgan fingerprint density at radius 2 is 2.00 bits per heavy atom. The number of hydrogen-bond donors (Lipinski definition) is 0. The van der Waals surface area contributed by atoms with Crippen LogP contribution in [0.4, 0.5) is 4.39 Å². The van der Waals surface area contributed by atoms with Gasteiger partial charge in [0.05, 0.1) is 5.69 Å². The monoisotopic (exact) mass is 321 g/mol. The van der Waals surface area contributed by atoms with Crippen molar-refractivity contribution >= 4 is 5.91 Å². The Morgan fingerprint density at radius 1 is 1.17 bits per heavy atom. The molecule has 0 saturated heterocycles. The van der Waals surface area contributed by atoms with Crippen molar-refractivity contribution in [2.24, 2.45) is 7.05 Å². The maximum absolute atomic E-state index is 14.5. The zero-order chi connectivity index (χ0) is 16.7. The van der Waals surface area contributed by atoms with Crippen LogP contribution in [0.1, 0.15) is 21.5 Å². The van der Waals surface area contributed by atoms with Gasteiger partial charge in [0, 0.05) is 43.0 Å².